The number of likely N-dealkylation sites (N-methyl/N-ethyl adjacent to an activating group) is 1. The quantitative estimate of drug-likeness (QED) is 0.258. The summed E-state index contributed by atoms with van der Waals surface area (Å²) in [6.07, 6.45) is 0.240. The summed E-state index contributed by atoms with van der Waals surface area (Å²) in [5.74, 6) is -4.96. The van der Waals surface area contributed by atoms with Gasteiger partial charge in [0.15, 0.2) is 11.4 Å². The van der Waals surface area contributed by atoms with Crippen LogP contribution < -0.4 is 15.3 Å². The maximum absolute atomic E-state index is 11.5. The Bertz CT molecular complexity index is 468. The molecule has 0 aromatic heterocycles. The zero-order valence-electron chi connectivity index (χ0n) is 14.2. The average Bonchev–Trinajstić information content (AvgIpc) is 2.32. The summed E-state index contributed by atoms with van der Waals surface area (Å²) in [6.45, 7) is 1.66. The fourth-order valence-electron chi connectivity index (χ4n) is 1.73. The fourth-order valence-corrected chi connectivity index (χ4v) is 1.73. The van der Waals surface area contributed by atoms with Crippen molar-refractivity contribution in [2.75, 3.05) is 27.7 Å². The van der Waals surface area contributed by atoms with Crippen molar-refractivity contribution in [2.24, 2.45) is 0 Å². The van der Waals surface area contributed by atoms with Crippen molar-refractivity contribution >= 4 is 46.7 Å². The summed E-state index contributed by atoms with van der Waals surface area (Å²) < 4.78 is 0.315. The summed E-state index contributed by atoms with van der Waals surface area (Å²) in [6, 6.07) is 0. The summed E-state index contributed by atoms with van der Waals surface area (Å²) in [7, 11) is 5.34. The van der Waals surface area contributed by atoms with E-state index in [4.69, 9.17) is 0 Å². The Morgan fingerprint density at radius 1 is 1.00 bits per heavy atom. The maximum Gasteiger partial charge on any atom is 2.00 e. The van der Waals surface area contributed by atoms with Crippen molar-refractivity contribution in [2.45, 2.75) is 25.4 Å². The molecule has 0 amide bonds. The number of carboxylic acid groups (broad SMARTS) is 3. The zero-order chi connectivity index (χ0) is 18.8. The maximum atomic E-state index is 11.5. The second-order valence-electron chi connectivity index (χ2n) is 5.78. The van der Waals surface area contributed by atoms with Gasteiger partial charge in [0.2, 0.25) is 0 Å². The Kier molecular flexibility index (Phi) is 13.6. The van der Waals surface area contributed by atoms with E-state index in [1.165, 1.54) is 0 Å². The van der Waals surface area contributed by atoms with Gasteiger partial charge in [-0.25, -0.2) is 0 Å². The van der Waals surface area contributed by atoms with Crippen molar-refractivity contribution in [1.82, 2.24) is 0 Å². The molecule has 0 unspecified atom stereocenters. The first-order valence-electron chi connectivity index (χ1n) is 6.59. The Labute approximate surface area is 156 Å². The molecule has 10 heteroatoms. The number of hydrogen-bond acceptors (Lipinski definition) is 8. The second kappa shape index (κ2) is 12.0. The van der Waals surface area contributed by atoms with E-state index in [1.807, 2.05) is 0 Å². The van der Waals surface area contributed by atoms with Crippen LogP contribution in [0, 0.1) is 0 Å². The number of carbonyl (C=O) groups is 4. The van der Waals surface area contributed by atoms with Crippen molar-refractivity contribution < 1.29 is 44.1 Å². The molecular formula is C14H21MgNO8. The standard InChI is InChI=1S/C10H19NO4.C4H4O4.Mg/c1-5-8(12)10(15,6-9(13)14)7-11(2,3)4;5-3(6)1-2-4(7)8;/h15H,5-7H2,1-4H3;1-2H,(H,5,6)(H,7,8);/q;;+2/p-2/b;2-1+;/t10-;;/m1../s1. The molecule has 0 fully saturated rings. The number of aliphatic carboxylic acids is 3. The molecule has 9 nitrogen and oxygen atoms in total. The zero-order valence-corrected chi connectivity index (χ0v) is 15.6. The van der Waals surface area contributed by atoms with Crippen LogP contribution >= 0.6 is 0 Å². The number of carboxylic acids is 3. The van der Waals surface area contributed by atoms with Crippen LogP contribution in [0.2, 0.25) is 0 Å². The molecule has 132 valence electrons. The monoisotopic (exact) mass is 355 g/mol. The third-order valence-electron chi connectivity index (χ3n) is 2.37. The topological polar surface area (TPSA) is 158 Å². The van der Waals surface area contributed by atoms with Gasteiger partial charge in [0, 0.05) is 18.8 Å². The molecule has 0 rings (SSSR count). The number of hydrogen-bond donors (Lipinski definition) is 1. The van der Waals surface area contributed by atoms with Gasteiger partial charge < -0.3 is 39.3 Å². The van der Waals surface area contributed by atoms with Gasteiger partial charge >= 0.3 is 23.1 Å². The van der Waals surface area contributed by atoms with Gasteiger partial charge in [0.25, 0.3) is 0 Å². The van der Waals surface area contributed by atoms with Gasteiger partial charge in [-0.05, 0) is 12.2 Å². The first-order chi connectivity index (χ1) is 10.2. The van der Waals surface area contributed by atoms with Gasteiger partial charge in [-0.1, -0.05) is 6.92 Å². The predicted octanol–water partition coefficient (Wildman–Crippen LogP) is -4.80. The third kappa shape index (κ3) is 15.4. The minimum atomic E-state index is -1.81. The largest absolute Gasteiger partial charge is 2.00 e. The van der Waals surface area contributed by atoms with Crippen molar-refractivity contribution in [1.29, 1.82) is 0 Å². The summed E-state index contributed by atoms with van der Waals surface area (Å²) >= 11 is 0. The Balaban J connectivity index is -0.000000419. The van der Waals surface area contributed by atoms with Crippen LogP contribution in [0.25, 0.3) is 0 Å². The Morgan fingerprint density at radius 2 is 1.38 bits per heavy atom. The van der Waals surface area contributed by atoms with Crippen LogP contribution in [-0.2, 0) is 19.2 Å². The number of aliphatic hydroxyl groups is 1. The molecule has 0 saturated heterocycles. The molecule has 24 heavy (non-hydrogen) atoms. The molecular weight excluding hydrogens is 334 g/mol. The van der Waals surface area contributed by atoms with E-state index in [0.29, 0.717) is 16.6 Å². The van der Waals surface area contributed by atoms with Crippen LogP contribution in [-0.4, -0.2) is 89.6 Å². The van der Waals surface area contributed by atoms with Crippen LogP contribution in [0.1, 0.15) is 19.8 Å². The Hall–Kier alpha value is -1.49. The average molecular weight is 356 g/mol. The first-order valence-corrected chi connectivity index (χ1v) is 6.59. The minimum Gasteiger partial charge on any atom is -0.550 e. The summed E-state index contributed by atoms with van der Waals surface area (Å²) in [5, 5.41) is 39.3. The Morgan fingerprint density at radius 3 is 1.58 bits per heavy atom. The number of carbonyl (C=O) groups excluding carboxylic acids is 4. The van der Waals surface area contributed by atoms with Gasteiger partial charge in [0.05, 0.1) is 33.1 Å². The molecule has 0 aromatic carbocycles. The van der Waals surface area contributed by atoms with E-state index in [-0.39, 0.29) is 36.0 Å². The molecule has 1 N–H and O–H groups in total. The van der Waals surface area contributed by atoms with E-state index in [9.17, 15) is 39.6 Å². The molecule has 0 radical (unpaired) electrons. The predicted molar refractivity (Wildman–Crippen MR) is 77.7 cm³/mol. The SMILES string of the molecule is CCC(=O)[C@@](O)(CC(=O)[O-])C[N+](C)(C)C.O=C([O-])/C=C/C(=O)[O-].[Mg+2]. The van der Waals surface area contributed by atoms with E-state index in [1.54, 1.807) is 28.1 Å². The first kappa shape index (κ1) is 27.4. The van der Waals surface area contributed by atoms with Gasteiger partial charge in [0.1, 0.15) is 6.54 Å². The van der Waals surface area contributed by atoms with Gasteiger partial charge in [-0.15, -0.1) is 0 Å². The molecule has 0 aromatic rings. The number of Topliss-reactive ketones (excluding diaryl/α,β-unsaturated/α-hetero) is 1. The second-order valence-corrected chi connectivity index (χ2v) is 5.78. The smallest absolute Gasteiger partial charge is 0.550 e. The van der Waals surface area contributed by atoms with Crippen LogP contribution in [0.15, 0.2) is 12.2 Å². The molecule has 0 aliphatic heterocycles. The fraction of sp³-hybridized carbons (Fsp3) is 0.571. The van der Waals surface area contributed by atoms with Crippen LogP contribution in [0.3, 0.4) is 0 Å². The minimum absolute atomic E-state index is 0. The third-order valence-corrected chi connectivity index (χ3v) is 2.37. The number of nitrogens with zero attached hydrogens (tertiary/aromatic N) is 1. The van der Waals surface area contributed by atoms with Gasteiger partial charge in [-0.2, -0.15) is 0 Å². The van der Waals surface area contributed by atoms with Crippen LogP contribution in [0.4, 0.5) is 0 Å². The van der Waals surface area contributed by atoms with E-state index < -0.39 is 35.7 Å². The molecule has 0 heterocycles. The van der Waals surface area contributed by atoms with E-state index in [2.05, 4.69) is 0 Å². The van der Waals surface area contributed by atoms with Crippen molar-refractivity contribution in [3.63, 3.8) is 0 Å². The molecule has 0 aliphatic rings. The molecule has 1 atom stereocenters. The number of quaternary nitrogens is 1. The summed E-state index contributed by atoms with van der Waals surface area (Å²) in [5.41, 5.74) is -1.81. The number of rotatable bonds is 8. The summed E-state index contributed by atoms with van der Waals surface area (Å²) in [4.78, 5) is 40.8. The number of ketones is 1. The van der Waals surface area contributed by atoms with Crippen LogP contribution in [0.5, 0.6) is 0 Å². The molecule has 0 saturated carbocycles. The van der Waals surface area contributed by atoms with Crippen molar-refractivity contribution in [3.05, 3.63) is 12.2 Å². The van der Waals surface area contributed by atoms with Crippen molar-refractivity contribution in [3.8, 4) is 0 Å². The molecule has 0 aliphatic carbocycles. The molecule has 0 spiro atoms. The molecule has 0 bridgehead atoms. The van der Waals surface area contributed by atoms with Gasteiger partial charge in [-0.3, -0.25) is 4.79 Å². The van der Waals surface area contributed by atoms with E-state index >= 15 is 0 Å². The van der Waals surface area contributed by atoms with E-state index in [0.717, 1.165) is 0 Å². The normalized spacial score (nSPS) is 13.0.